The molecule has 5 N–H and O–H groups in total. The van der Waals surface area contributed by atoms with Gasteiger partial charge in [0, 0.05) is 24.0 Å². The van der Waals surface area contributed by atoms with E-state index in [1.54, 1.807) is 36.7 Å². The molecular formula is C18H19N5O3S. The second kappa shape index (κ2) is 9.08. The van der Waals surface area contributed by atoms with E-state index < -0.39 is 17.3 Å². The number of carbonyl (C=O) groups is 1. The third-order valence-electron chi connectivity index (χ3n) is 3.86. The van der Waals surface area contributed by atoms with Crippen molar-refractivity contribution in [1.29, 1.82) is 0 Å². The van der Waals surface area contributed by atoms with Gasteiger partial charge in [0.25, 0.3) is 0 Å². The van der Waals surface area contributed by atoms with Crippen molar-refractivity contribution in [2.45, 2.75) is 12.6 Å². The number of benzene rings is 2. The molecule has 3 rings (SSSR count). The molecule has 0 fully saturated rings. The lowest BCUT2D eigenvalue weighted by Crippen LogP contribution is -2.28. The number of nitrogens with zero attached hydrogens (tertiary/aromatic N) is 1. The first kappa shape index (κ1) is 18.8. The monoisotopic (exact) mass is 385 g/mol. The number of amides is 2. The molecule has 0 saturated carbocycles. The SMILES string of the molecule is O=C(NCc1cn[nH]c1)Nc1ccc(C(NS(=O)O)c2ccccc2)cc1. The highest BCUT2D eigenvalue weighted by molar-refractivity contribution is 7.77. The van der Waals surface area contributed by atoms with E-state index in [9.17, 15) is 13.6 Å². The van der Waals surface area contributed by atoms with Crippen molar-refractivity contribution in [3.63, 3.8) is 0 Å². The highest BCUT2D eigenvalue weighted by Crippen LogP contribution is 2.23. The van der Waals surface area contributed by atoms with Gasteiger partial charge in [-0.3, -0.25) is 9.65 Å². The Morgan fingerprint density at radius 2 is 1.81 bits per heavy atom. The lowest BCUT2D eigenvalue weighted by atomic mass is 9.99. The second-order valence-corrected chi connectivity index (χ2v) is 6.48. The number of urea groups is 1. The minimum absolute atomic E-state index is 0.335. The zero-order chi connectivity index (χ0) is 19.1. The highest BCUT2D eigenvalue weighted by Gasteiger charge is 2.16. The van der Waals surface area contributed by atoms with E-state index in [2.05, 4.69) is 25.6 Å². The van der Waals surface area contributed by atoms with E-state index >= 15 is 0 Å². The fourth-order valence-corrected chi connectivity index (χ4v) is 3.04. The van der Waals surface area contributed by atoms with Crippen molar-refractivity contribution < 1.29 is 13.6 Å². The number of hydrogen-bond donors (Lipinski definition) is 5. The van der Waals surface area contributed by atoms with Gasteiger partial charge in [0.05, 0.1) is 12.2 Å². The van der Waals surface area contributed by atoms with Gasteiger partial charge >= 0.3 is 6.03 Å². The van der Waals surface area contributed by atoms with Crippen LogP contribution in [0.25, 0.3) is 0 Å². The molecule has 3 aromatic rings. The predicted octanol–water partition coefficient (Wildman–Crippen LogP) is 2.55. The number of aromatic nitrogens is 2. The molecule has 0 aliphatic rings. The Kier molecular flexibility index (Phi) is 6.31. The number of H-pyrrole nitrogens is 1. The Bertz CT molecular complexity index is 885. The summed E-state index contributed by atoms with van der Waals surface area (Å²) in [6, 6.07) is 15.7. The molecule has 0 spiro atoms. The first-order valence-corrected chi connectivity index (χ1v) is 9.27. The number of aromatic amines is 1. The molecule has 0 radical (unpaired) electrons. The summed E-state index contributed by atoms with van der Waals surface area (Å²) in [5, 5.41) is 12.0. The van der Waals surface area contributed by atoms with E-state index in [-0.39, 0.29) is 6.03 Å². The fraction of sp³-hybridized carbons (Fsp3) is 0.111. The zero-order valence-corrected chi connectivity index (χ0v) is 15.1. The maximum Gasteiger partial charge on any atom is 0.319 e. The Balaban J connectivity index is 1.65. The quantitative estimate of drug-likeness (QED) is 0.402. The van der Waals surface area contributed by atoms with Crippen molar-refractivity contribution in [2.75, 3.05) is 5.32 Å². The minimum atomic E-state index is -2.17. The van der Waals surface area contributed by atoms with Crippen molar-refractivity contribution in [2.24, 2.45) is 0 Å². The number of nitrogens with one attached hydrogen (secondary N) is 4. The average molecular weight is 385 g/mol. The molecule has 0 aliphatic heterocycles. The van der Waals surface area contributed by atoms with Crippen LogP contribution in [0.4, 0.5) is 10.5 Å². The molecule has 2 aromatic carbocycles. The highest BCUT2D eigenvalue weighted by atomic mass is 32.2. The van der Waals surface area contributed by atoms with Gasteiger partial charge in [0.1, 0.15) is 0 Å². The average Bonchev–Trinajstić information content (AvgIpc) is 3.19. The summed E-state index contributed by atoms with van der Waals surface area (Å²) in [7, 11) is 0. The van der Waals surface area contributed by atoms with Gasteiger partial charge in [-0.1, -0.05) is 42.5 Å². The number of hydrogen-bond acceptors (Lipinski definition) is 3. The minimum Gasteiger partial charge on any atom is -0.334 e. The molecule has 2 amide bonds. The summed E-state index contributed by atoms with van der Waals surface area (Å²) >= 11 is -2.17. The summed E-state index contributed by atoms with van der Waals surface area (Å²) in [6.45, 7) is 0.364. The van der Waals surface area contributed by atoms with Gasteiger partial charge < -0.3 is 10.6 Å². The predicted molar refractivity (Wildman–Crippen MR) is 103 cm³/mol. The van der Waals surface area contributed by atoms with Crippen molar-refractivity contribution in [1.82, 2.24) is 20.2 Å². The van der Waals surface area contributed by atoms with Crippen LogP contribution in [-0.4, -0.2) is 25.0 Å². The third kappa shape index (κ3) is 5.48. The van der Waals surface area contributed by atoms with Crippen LogP contribution >= 0.6 is 0 Å². The second-order valence-electron chi connectivity index (χ2n) is 5.75. The topological polar surface area (TPSA) is 119 Å². The molecule has 1 heterocycles. The Labute approximate surface area is 158 Å². The molecule has 0 bridgehead atoms. The number of carbonyl (C=O) groups excluding carboxylic acids is 1. The Morgan fingerprint density at radius 3 is 2.44 bits per heavy atom. The van der Waals surface area contributed by atoms with Gasteiger partial charge in [-0.2, -0.15) is 5.10 Å². The molecule has 0 saturated heterocycles. The molecule has 0 aliphatic carbocycles. The number of rotatable bonds is 7. The summed E-state index contributed by atoms with van der Waals surface area (Å²) < 4.78 is 23.1. The standard InChI is InChI=1S/C18H19N5O3S/c24-18(19-10-13-11-20-21-12-13)22-16-8-6-15(7-9-16)17(23-27(25)26)14-4-2-1-3-5-14/h1-9,11-12,17,23H,10H2,(H,20,21)(H,25,26)(H2,19,22,24). The lowest BCUT2D eigenvalue weighted by molar-refractivity contribution is 0.251. The lowest BCUT2D eigenvalue weighted by Gasteiger charge is -2.18. The van der Waals surface area contributed by atoms with Gasteiger partial charge in [-0.05, 0) is 23.3 Å². The molecule has 1 aromatic heterocycles. The van der Waals surface area contributed by atoms with E-state index in [4.69, 9.17) is 0 Å². The maximum absolute atomic E-state index is 12.0. The van der Waals surface area contributed by atoms with Crippen LogP contribution < -0.4 is 15.4 Å². The maximum atomic E-state index is 12.0. The van der Waals surface area contributed by atoms with Crippen LogP contribution in [0, 0.1) is 0 Å². The molecule has 2 unspecified atom stereocenters. The van der Waals surface area contributed by atoms with Crippen LogP contribution in [0.15, 0.2) is 67.0 Å². The summed E-state index contributed by atoms with van der Waals surface area (Å²) in [5.41, 5.74) is 3.14. The van der Waals surface area contributed by atoms with Crippen LogP contribution in [0.3, 0.4) is 0 Å². The Morgan fingerprint density at radius 1 is 1.11 bits per heavy atom. The van der Waals surface area contributed by atoms with E-state index in [0.29, 0.717) is 12.2 Å². The summed E-state index contributed by atoms with van der Waals surface area (Å²) in [5.74, 6) is 0. The first-order chi connectivity index (χ1) is 13.1. The molecule has 140 valence electrons. The van der Waals surface area contributed by atoms with Gasteiger partial charge in [-0.15, -0.1) is 0 Å². The smallest absolute Gasteiger partial charge is 0.319 e. The van der Waals surface area contributed by atoms with Gasteiger partial charge in [0.15, 0.2) is 0 Å². The van der Waals surface area contributed by atoms with E-state index in [0.717, 1.165) is 16.7 Å². The van der Waals surface area contributed by atoms with Gasteiger partial charge in [-0.25, -0.2) is 13.7 Å². The van der Waals surface area contributed by atoms with Crippen LogP contribution in [0.5, 0.6) is 0 Å². The van der Waals surface area contributed by atoms with Crippen LogP contribution in [0.2, 0.25) is 0 Å². The molecule has 8 nitrogen and oxygen atoms in total. The largest absolute Gasteiger partial charge is 0.334 e. The number of anilines is 1. The van der Waals surface area contributed by atoms with Crippen LogP contribution in [0.1, 0.15) is 22.7 Å². The van der Waals surface area contributed by atoms with Crippen molar-refractivity contribution >= 4 is 23.0 Å². The van der Waals surface area contributed by atoms with Gasteiger partial charge in [0.2, 0.25) is 11.3 Å². The van der Waals surface area contributed by atoms with Crippen molar-refractivity contribution in [3.05, 3.63) is 83.7 Å². The molecular weight excluding hydrogens is 366 g/mol. The summed E-state index contributed by atoms with van der Waals surface area (Å²) in [6.07, 6.45) is 3.34. The first-order valence-electron chi connectivity index (χ1n) is 8.16. The Hall–Kier alpha value is -3.01. The normalized spacial score (nSPS) is 12.9. The molecule has 9 heteroatoms. The fourth-order valence-electron chi connectivity index (χ4n) is 2.57. The summed E-state index contributed by atoms with van der Waals surface area (Å²) in [4.78, 5) is 12.0. The zero-order valence-electron chi connectivity index (χ0n) is 14.3. The van der Waals surface area contributed by atoms with Crippen LogP contribution in [-0.2, 0) is 17.8 Å². The molecule has 27 heavy (non-hydrogen) atoms. The van der Waals surface area contributed by atoms with E-state index in [1.165, 1.54) is 0 Å². The van der Waals surface area contributed by atoms with E-state index in [1.807, 2.05) is 30.3 Å². The van der Waals surface area contributed by atoms with Crippen molar-refractivity contribution in [3.8, 4) is 0 Å². The molecule has 2 atom stereocenters. The third-order valence-corrected chi connectivity index (χ3v) is 4.30.